The molecule has 96 valence electrons. The number of nitrogen functional groups attached to an aromatic ring is 1. The molecule has 0 aliphatic rings. The highest BCUT2D eigenvalue weighted by Gasteiger charge is 2.16. The summed E-state index contributed by atoms with van der Waals surface area (Å²) < 4.78 is 0. The highest BCUT2D eigenvalue weighted by molar-refractivity contribution is 5.58. The summed E-state index contributed by atoms with van der Waals surface area (Å²) in [5, 5.41) is 3.36. The number of hydrogen-bond donors (Lipinski definition) is 3. The largest absolute Gasteiger partial charge is 0.369 e. The van der Waals surface area contributed by atoms with Crippen LogP contribution in [0, 0.1) is 5.41 Å². The van der Waals surface area contributed by atoms with Crippen molar-refractivity contribution < 1.29 is 0 Å². The van der Waals surface area contributed by atoms with E-state index in [1.54, 1.807) is 0 Å². The summed E-state index contributed by atoms with van der Waals surface area (Å²) in [7, 11) is 0. The van der Waals surface area contributed by atoms with Crippen molar-refractivity contribution in [3.63, 3.8) is 0 Å². The molecule has 17 heavy (non-hydrogen) atoms. The third-order valence-electron chi connectivity index (χ3n) is 2.38. The normalized spacial score (nSPS) is 11.7. The first-order valence-electron chi connectivity index (χ1n) is 5.90. The third kappa shape index (κ3) is 3.85. The lowest BCUT2D eigenvalue weighted by molar-refractivity contribution is 0.442. The standard InChI is InChI=1S/C12H23N5/c1-8(2)9-10(14-6-12(3,4)5)15-7-16-11(9)17-13/h7-8H,6,13H2,1-5H3,(H2,14,15,16,17). The molecule has 0 fully saturated rings. The molecule has 0 aliphatic heterocycles. The van der Waals surface area contributed by atoms with Gasteiger partial charge in [-0.05, 0) is 11.3 Å². The maximum absolute atomic E-state index is 5.47. The van der Waals surface area contributed by atoms with Crippen molar-refractivity contribution in [3.05, 3.63) is 11.9 Å². The SMILES string of the molecule is CC(C)c1c(NN)ncnc1NCC(C)(C)C. The number of aromatic nitrogens is 2. The molecule has 4 N–H and O–H groups in total. The van der Waals surface area contributed by atoms with Gasteiger partial charge in [0.05, 0.1) is 0 Å². The fourth-order valence-electron chi connectivity index (χ4n) is 1.55. The molecule has 5 heteroatoms. The third-order valence-corrected chi connectivity index (χ3v) is 2.38. The predicted octanol–water partition coefficient (Wildman–Crippen LogP) is 2.34. The number of nitrogens with two attached hydrogens (primary N) is 1. The van der Waals surface area contributed by atoms with Gasteiger partial charge in [-0.25, -0.2) is 15.8 Å². The molecule has 0 spiro atoms. The van der Waals surface area contributed by atoms with Gasteiger partial charge in [-0.3, -0.25) is 0 Å². The monoisotopic (exact) mass is 237 g/mol. The van der Waals surface area contributed by atoms with E-state index in [1.165, 1.54) is 6.33 Å². The molecular weight excluding hydrogens is 214 g/mol. The maximum atomic E-state index is 5.47. The van der Waals surface area contributed by atoms with Crippen LogP contribution in [0.1, 0.15) is 46.1 Å². The molecule has 0 saturated heterocycles. The van der Waals surface area contributed by atoms with Gasteiger partial charge in [-0.15, -0.1) is 0 Å². The van der Waals surface area contributed by atoms with Crippen molar-refractivity contribution >= 4 is 11.6 Å². The summed E-state index contributed by atoms with van der Waals surface area (Å²) >= 11 is 0. The Morgan fingerprint density at radius 1 is 1.24 bits per heavy atom. The van der Waals surface area contributed by atoms with Crippen molar-refractivity contribution in [3.8, 4) is 0 Å². The molecule has 1 aromatic rings. The number of hydrazine groups is 1. The highest BCUT2D eigenvalue weighted by Crippen LogP contribution is 2.28. The molecule has 0 atom stereocenters. The molecule has 0 unspecified atom stereocenters. The van der Waals surface area contributed by atoms with E-state index in [2.05, 4.69) is 55.3 Å². The molecule has 0 bridgehead atoms. The Balaban J connectivity index is 2.98. The van der Waals surface area contributed by atoms with Gasteiger partial charge in [0.15, 0.2) is 0 Å². The molecule has 0 radical (unpaired) electrons. The molecule has 0 aromatic carbocycles. The number of hydrogen-bond acceptors (Lipinski definition) is 5. The van der Waals surface area contributed by atoms with Crippen molar-refractivity contribution in [2.75, 3.05) is 17.3 Å². The minimum atomic E-state index is 0.204. The first-order valence-corrected chi connectivity index (χ1v) is 5.90. The van der Waals surface area contributed by atoms with Crippen LogP contribution in [0.25, 0.3) is 0 Å². The van der Waals surface area contributed by atoms with Crippen LogP contribution in [0.4, 0.5) is 11.6 Å². The molecule has 5 nitrogen and oxygen atoms in total. The van der Waals surface area contributed by atoms with E-state index >= 15 is 0 Å². The summed E-state index contributed by atoms with van der Waals surface area (Å²) in [6.07, 6.45) is 1.52. The fraction of sp³-hybridized carbons (Fsp3) is 0.667. The van der Waals surface area contributed by atoms with Crippen LogP contribution >= 0.6 is 0 Å². The number of rotatable bonds is 4. The van der Waals surface area contributed by atoms with Gasteiger partial charge < -0.3 is 10.7 Å². The Labute approximate surface area is 103 Å². The van der Waals surface area contributed by atoms with Gasteiger partial charge in [-0.1, -0.05) is 34.6 Å². The summed E-state index contributed by atoms with van der Waals surface area (Å²) in [5.74, 6) is 7.33. The Kier molecular flexibility index (Phi) is 4.28. The van der Waals surface area contributed by atoms with Crippen LogP contribution in [-0.2, 0) is 0 Å². The lowest BCUT2D eigenvalue weighted by Gasteiger charge is -2.22. The first-order chi connectivity index (χ1) is 7.85. The minimum Gasteiger partial charge on any atom is -0.369 e. The zero-order valence-corrected chi connectivity index (χ0v) is 11.3. The molecule has 0 aliphatic carbocycles. The second kappa shape index (κ2) is 5.31. The second-order valence-electron chi connectivity index (χ2n) is 5.70. The quantitative estimate of drug-likeness (QED) is 0.553. The topological polar surface area (TPSA) is 75.9 Å². The Morgan fingerprint density at radius 2 is 1.82 bits per heavy atom. The van der Waals surface area contributed by atoms with E-state index in [-0.39, 0.29) is 5.41 Å². The van der Waals surface area contributed by atoms with Crippen LogP contribution in [-0.4, -0.2) is 16.5 Å². The Bertz CT molecular complexity index is 368. The van der Waals surface area contributed by atoms with Crippen molar-refractivity contribution in [2.45, 2.75) is 40.5 Å². The van der Waals surface area contributed by atoms with E-state index in [1.807, 2.05) is 0 Å². The Morgan fingerprint density at radius 3 is 2.29 bits per heavy atom. The van der Waals surface area contributed by atoms with Gasteiger partial charge in [0, 0.05) is 12.1 Å². The zero-order valence-electron chi connectivity index (χ0n) is 11.3. The van der Waals surface area contributed by atoms with Crippen LogP contribution in [0.3, 0.4) is 0 Å². The van der Waals surface area contributed by atoms with Crippen LogP contribution in [0.2, 0.25) is 0 Å². The molecular formula is C12H23N5. The van der Waals surface area contributed by atoms with Crippen LogP contribution < -0.4 is 16.6 Å². The molecule has 1 heterocycles. The van der Waals surface area contributed by atoms with Crippen LogP contribution in [0.5, 0.6) is 0 Å². The van der Waals surface area contributed by atoms with Gasteiger partial charge in [0.25, 0.3) is 0 Å². The highest BCUT2D eigenvalue weighted by atomic mass is 15.3. The molecule has 1 rings (SSSR count). The molecule has 1 aromatic heterocycles. The lowest BCUT2D eigenvalue weighted by atomic mass is 9.96. The van der Waals surface area contributed by atoms with E-state index in [4.69, 9.17) is 5.84 Å². The number of anilines is 2. The summed E-state index contributed by atoms with van der Waals surface area (Å²) in [4.78, 5) is 8.43. The lowest BCUT2D eigenvalue weighted by Crippen LogP contribution is -2.22. The zero-order chi connectivity index (χ0) is 13.1. The molecule has 0 saturated carbocycles. The minimum absolute atomic E-state index is 0.204. The average Bonchev–Trinajstić information content (AvgIpc) is 2.24. The maximum Gasteiger partial charge on any atom is 0.148 e. The van der Waals surface area contributed by atoms with E-state index in [0.717, 1.165) is 17.9 Å². The smallest absolute Gasteiger partial charge is 0.148 e. The van der Waals surface area contributed by atoms with Crippen molar-refractivity contribution in [2.24, 2.45) is 11.3 Å². The van der Waals surface area contributed by atoms with Gasteiger partial charge in [0.1, 0.15) is 18.0 Å². The second-order valence-corrected chi connectivity index (χ2v) is 5.70. The number of nitrogens with zero attached hydrogens (tertiary/aromatic N) is 2. The summed E-state index contributed by atoms with van der Waals surface area (Å²) in [6.45, 7) is 11.6. The Hall–Kier alpha value is -1.36. The average molecular weight is 237 g/mol. The van der Waals surface area contributed by atoms with E-state index in [9.17, 15) is 0 Å². The van der Waals surface area contributed by atoms with Crippen LogP contribution in [0.15, 0.2) is 6.33 Å². The predicted molar refractivity (Wildman–Crippen MR) is 71.9 cm³/mol. The summed E-state index contributed by atoms with van der Waals surface area (Å²) in [6, 6.07) is 0. The molecule has 0 amide bonds. The first kappa shape index (κ1) is 13.7. The van der Waals surface area contributed by atoms with Crippen molar-refractivity contribution in [1.29, 1.82) is 0 Å². The van der Waals surface area contributed by atoms with Gasteiger partial charge in [-0.2, -0.15) is 0 Å². The van der Waals surface area contributed by atoms with Gasteiger partial charge >= 0.3 is 0 Å². The van der Waals surface area contributed by atoms with E-state index in [0.29, 0.717) is 11.7 Å². The summed E-state index contributed by atoms with van der Waals surface area (Å²) in [5.41, 5.74) is 3.85. The fourth-order valence-corrected chi connectivity index (χ4v) is 1.55. The number of nitrogens with one attached hydrogen (secondary N) is 2. The van der Waals surface area contributed by atoms with E-state index < -0.39 is 0 Å². The van der Waals surface area contributed by atoms with Crippen molar-refractivity contribution in [1.82, 2.24) is 9.97 Å². The van der Waals surface area contributed by atoms with Gasteiger partial charge in [0.2, 0.25) is 0 Å².